The Morgan fingerprint density at radius 1 is 1.00 bits per heavy atom. The number of ether oxygens (including phenoxy) is 2. The Bertz CT molecular complexity index is 1940. The Morgan fingerprint density at radius 2 is 1.72 bits per heavy atom. The van der Waals surface area contributed by atoms with Crippen LogP contribution in [-0.4, -0.2) is 59.4 Å². The van der Waals surface area contributed by atoms with Crippen molar-refractivity contribution in [2.45, 2.75) is 25.8 Å². The maximum atomic E-state index is 14.4. The minimum Gasteiger partial charge on any atom is -0.497 e. The normalized spacial score (nSPS) is 14.1. The number of likely N-dealkylation sites (N-methyl/N-ethyl adjacent to an activating group) is 2. The third-order valence-electron chi connectivity index (χ3n) is 8.15. The van der Waals surface area contributed by atoms with Crippen LogP contribution in [0.15, 0.2) is 107 Å². The average molecular weight is 617 g/mol. The molecule has 1 amide bonds. The van der Waals surface area contributed by atoms with Gasteiger partial charge in [-0.3, -0.25) is 19.7 Å². The molecule has 0 spiro atoms. The summed E-state index contributed by atoms with van der Waals surface area (Å²) in [6, 6.07) is 22.4. The number of allylic oxidation sites excluding steroid dienone is 1. The van der Waals surface area contributed by atoms with E-state index in [0.29, 0.717) is 64.0 Å². The predicted octanol–water partition coefficient (Wildman–Crippen LogP) is 5.89. The van der Waals surface area contributed by atoms with Crippen LogP contribution in [0.3, 0.4) is 0 Å². The Morgan fingerprint density at radius 3 is 2.41 bits per heavy atom. The molecule has 2 N–H and O–H groups in total. The van der Waals surface area contributed by atoms with Gasteiger partial charge in [-0.05, 0) is 69.3 Å². The van der Waals surface area contributed by atoms with Crippen molar-refractivity contribution in [2.24, 2.45) is 0 Å². The summed E-state index contributed by atoms with van der Waals surface area (Å²) in [6.45, 7) is 2.47. The third kappa shape index (κ3) is 6.17. The van der Waals surface area contributed by atoms with Gasteiger partial charge in [0.2, 0.25) is 5.91 Å². The molecule has 6 rings (SSSR count). The molecule has 10 heteroatoms. The second-order valence-corrected chi connectivity index (χ2v) is 11.4. The molecule has 1 fully saturated rings. The predicted molar refractivity (Wildman–Crippen MR) is 180 cm³/mol. The van der Waals surface area contributed by atoms with E-state index in [2.05, 4.69) is 23.0 Å². The minimum absolute atomic E-state index is 0.147. The van der Waals surface area contributed by atoms with Gasteiger partial charge in [0, 0.05) is 55.3 Å². The number of aromatic nitrogens is 2. The molecule has 0 radical (unpaired) electrons. The summed E-state index contributed by atoms with van der Waals surface area (Å²) < 4.78 is 14.5. The van der Waals surface area contributed by atoms with Crippen LogP contribution in [0.5, 0.6) is 17.2 Å². The number of para-hydroxylation sites is 1. The van der Waals surface area contributed by atoms with E-state index in [0.717, 1.165) is 0 Å². The SMILES string of the molecule is COc1cc(N(C)C(=O)/C=C/CN(C)C2CC2)cc(-n2c3c(n(-c4ccc(Oc5ccccc5)cc4)c2=O)C(=N)C(C)=C=CN3)c1. The molecule has 1 aromatic heterocycles. The van der Waals surface area contributed by atoms with Crippen molar-refractivity contribution >= 4 is 23.1 Å². The number of benzene rings is 3. The quantitative estimate of drug-likeness (QED) is 0.170. The molecule has 2 aliphatic rings. The molecular formula is C36H36N6O4. The van der Waals surface area contributed by atoms with E-state index in [4.69, 9.17) is 14.9 Å². The highest BCUT2D eigenvalue weighted by atomic mass is 16.5. The summed E-state index contributed by atoms with van der Waals surface area (Å²) in [5, 5.41) is 12.2. The highest BCUT2D eigenvalue weighted by molar-refractivity contribution is 6.13. The number of fused-ring (bicyclic) bond motifs is 1. The number of nitrogens with one attached hydrogen (secondary N) is 2. The van der Waals surface area contributed by atoms with Gasteiger partial charge in [0.1, 0.15) is 28.8 Å². The van der Waals surface area contributed by atoms with Crippen LogP contribution in [-0.2, 0) is 4.79 Å². The van der Waals surface area contributed by atoms with Crippen LogP contribution in [0.4, 0.5) is 11.5 Å². The van der Waals surface area contributed by atoms with Crippen LogP contribution in [0, 0.1) is 5.41 Å². The highest BCUT2D eigenvalue weighted by Crippen LogP contribution is 2.32. The van der Waals surface area contributed by atoms with Crippen molar-refractivity contribution in [3.8, 4) is 28.6 Å². The van der Waals surface area contributed by atoms with Crippen LogP contribution in [0.1, 0.15) is 25.5 Å². The molecule has 234 valence electrons. The lowest BCUT2D eigenvalue weighted by Gasteiger charge is -2.19. The number of hydrogen-bond acceptors (Lipinski definition) is 7. The topological polar surface area (TPSA) is 105 Å². The number of anilines is 2. The fourth-order valence-corrected chi connectivity index (χ4v) is 5.33. The van der Waals surface area contributed by atoms with Gasteiger partial charge in [0.15, 0.2) is 0 Å². The van der Waals surface area contributed by atoms with Gasteiger partial charge in [0.05, 0.1) is 24.2 Å². The summed E-state index contributed by atoms with van der Waals surface area (Å²) in [5.74, 6) is 1.96. The Balaban J connectivity index is 1.40. The molecule has 10 nitrogen and oxygen atoms in total. The minimum atomic E-state index is -0.404. The molecule has 0 unspecified atom stereocenters. The lowest BCUT2D eigenvalue weighted by molar-refractivity contribution is -0.113. The smallest absolute Gasteiger partial charge is 0.339 e. The Kier molecular flexibility index (Phi) is 8.48. The molecule has 1 aliphatic carbocycles. The van der Waals surface area contributed by atoms with Gasteiger partial charge in [-0.1, -0.05) is 30.0 Å². The van der Waals surface area contributed by atoms with E-state index in [-0.39, 0.29) is 11.6 Å². The van der Waals surface area contributed by atoms with Crippen LogP contribution in [0.25, 0.3) is 11.4 Å². The van der Waals surface area contributed by atoms with Crippen molar-refractivity contribution < 1.29 is 14.3 Å². The standard InChI is InChI=1S/C36H36N6O4/c1-24-18-19-38-35-34(33(24)37)41(26-14-16-30(17-15-26)46-29-9-6-5-7-10-29)36(44)42(35)28-21-27(22-31(23-28)45-4)40(3)32(43)11-8-20-39(2)25-12-13-25/h5-11,14-17,19,21-23,25,37-38H,12-13,20H2,1-4H3/b11-8+,37-33?. The molecule has 3 aromatic carbocycles. The molecule has 4 aromatic rings. The van der Waals surface area contributed by atoms with Gasteiger partial charge in [-0.25, -0.2) is 9.36 Å². The fourth-order valence-electron chi connectivity index (χ4n) is 5.33. The number of carbonyl (C=O) groups excluding carboxylic acids is 1. The first-order valence-corrected chi connectivity index (χ1v) is 15.1. The zero-order valence-corrected chi connectivity index (χ0v) is 26.3. The van der Waals surface area contributed by atoms with E-state index in [1.807, 2.05) is 36.4 Å². The number of nitrogens with zero attached hydrogens (tertiary/aromatic N) is 4. The number of carbonyl (C=O) groups is 1. The van der Waals surface area contributed by atoms with E-state index < -0.39 is 5.69 Å². The van der Waals surface area contributed by atoms with E-state index in [1.54, 1.807) is 68.7 Å². The molecule has 0 saturated heterocycles. The zero-order chi connectivity index (χ0) is 32.4. The summed E-state index contributed by atoms with van der Waals surface area (Å²) >= 11 is 0. The highest BCUT2D eigenvalue weighted by Gasteiger charge is 2.28. The number of rotatable bonds is 10. The second kappa shape index (κ2) is 12.8. The van der Waals surface area contributed by atoms with E-state index in [1.165, 1.54) is 34.0 Å². The first-order chi connectivity index (χ1) is 22.2. The molecule has 2 heterocycles. The van der Waals surface area contributed by atoms with Crippen molar-refractivity contribution in [2.75, 3.05) is 38.0 Å². The van der Waals surface area contributed by atoms with Gasteiger partial charge >= 0.3 is 5.69 Å². The third-order valence-corrected chi connectivity index (χ3v) is 8.15. The number of hydrogen-bond donors (Lipinski definition) is 2. The summed E-state index contributed by atoms with van der Waals surface area (Å²) in [4.78, 5) is 31.3. The maximum absolute atomic E-state index is 14.4. The first-order valence-electron chi connectivity index (χ1n) is 15.1. The zero-order valence-electron chi connectivity index (χ0n) is 26.3. The fraction of sp³-hybridized carbons (Fsp3) is 0.222. The Labute approximate surface area is 267 Å². The Hall–Kier alpha value is -5.57. The monoisotopic (exact) mass is 616 g/mol. The van der Waals surface area contributed by atoms with Crippen LogP contribution in [0.2, 0.25) is 0 Å². The van der Waals surface area contributed by atoms with Crippen LogP contribution < -0.4 is 25.4 Å². The van der Waals surface area contributed by atoms with Crippen molar-refractivity contribution in [1.82, 2.24) is 14.0 Å². The lowest BCUT2D eigenvalue weighted by Crippen LogP contribution is -2.26. The van der Waals surface area contributed by atoms with Crippen molar-refractivity contribution in [3.05, 3.63) is 119 Å². The molecule has 1 saturated carbocycles. The molecule has 1 aliphatic heterocycles. The maximum Gasteiger partial charge on any atom is 0.339 e. The van der Waals surface area contributed by atoms with Gasteiger partial charge < -0.3 is 19.7 Å². The number of amides is 1. The van der Waals surface area contributed by atoms with Crippen molar-refractivity contribution in [3.63, 3.8) is 0 Å². The largest absolute Gasteiger partial charge is 0.497 e. The van der Waals surface area contributed by atoms with Crippen LogP contribution >= 0.6 is 0 Å². The molecular weight excluding hydrogens is 580 g/mol. The van der Waals surface area contributed by atoms with Gasteiger partial charge in [-0.15, -0.1) is 0 Å². The molecule has 0 atom stereocenters. The lowest BCUT2D eigenvalue weighted by atomic mass is 10.1. The van der Waals surface area contributed by atoms with E-state index >= 15 is 0 Å². The average Bonchev–Trinajstić information content (AvgIpc) is 3.89. The van der Waals surface area contributed by atoms with Gasteiger partial charge in [-0.2, -0.15) is 0 Å². The van der Waals surface area contributed by atoms with E-state index in [9.17, 15) is 9.59 Å². The van der Waals surface area contributed by atoms with Gasteiger partial charge in [0.25, 0.3) is 0 Å². The summed E-state index contributed by atoms with van der Waals surface area (Å²) in [5.41, 5.74) is 5.31. The molecule has 0 bridgehead atoms. The first kappa shape index (κ1) is 30.5. The number of imidazole rings is 1. The second-order valence-electron chi connectivity index (χ2n) is 11.4. The number of methoxy groups -OCH3 is 1. The summed E-state index contributed by atoms with van der Waals surface area (Å²) in [6.07, 6.45) is 7.43. The summed E-state index contributed by atoms with van der Waals surface area (Å²) in [7, 11) is 5.28. The van der Waals surface area contributed by atoms with Crippen molar-refractivity contribution in [1.29, 1.82) is 5.41 Å². The molecule has 46 heavy (non-hydrogen) atoms.